The minimum Gasteiger partial charge on any atom is -0.465 e. The number of carbonyl (C=O) groups is 2. The Labute approximate surface area is 111 Å². The maximum Gasteiger partial charge on any atom is 0.338 e. The normalized spacial score (nSPS) is 24.1. The van der Waals surface area contributed by atoms with Crippen LogP contribution in [0.15, 0.2) is 36.4 Å². The van der Waals surface area contributed by atoms with E-state index < -0.39 is 0 Å². The third-order valence-corrected chi connectivity index (χ3v) is 3.82. The number of fused-ring (bicyclic) bond motifs is 2. The number of benzene rings is 1. The number of carbonyl (C=O) groups excluding carboxylic acids is 2. The molecule has 2 atom stereocenters. The summed E-state index contributed by atoms with van der Waals surface area (Å²) < 4.78 is 4.77. The lowest BCUT2D eigenvalue weighted by molar-refractivity contribution is -0.131. The summed E-state index contributed by atoms with van der Waals surface area (Å²) in [6.45, 7) is 0.468. The van der Waals surface area contributed by atoms with Crippen molar-refractivity contribution < 1.29 is 14.3 Å². The van der Waals surface area contributed by atoms with Crippen LogP contribution in [0, 0.1) is 5.92 Å². The smallest absolute Gasteiger partial charge is 0.338 e. The molecule has 19 heavy (non-hydrogen) atoms. The average molecular weight is 257 g/mol. The second-order valence-corrected chi connectivity index (χ2v) is 4.91. The van der Waals surface area contributed by atoms with Crippen LogP contribution in [-0.2, 0) is 16.1 Å². The molecule has 1 aromatic carbocycles. The Morgan fingerprint density at radius 2 is 2.16 bits per heavy atom. The highest BCUT2D eigenvalue weighted by Crippen LogP contribution is 2.34. The number of likely N-dealkylation sites (tertiary alicyclic amines) is 1. The fourth-order valence-electron chi connectivity index (χ4n) is 2.82. The Balaban J connectivity index is 1.86. The molecule has 4 nitrogen and oxygen atoms in total. The molecule has 0 N–H and O–H groups in total. The van der Waals surface area contributed by atoms with Gasteiger partial charge in [0, 0.05) is 6.54 Å². The molecule has 4 heteroatoms. The molecule has 1 heterocycles. The molecule has 1 aromatic rings. The van der Waals surface area contributed by atoms with Crippen LogP contribution >= 0.6 is 0 Å². The van der Waals surface area contributed by atoms with E-state index in [-0.39, 0.29) is 23.8 Å². The second kappa shape index (κ2) is 4.53. The summed E-state index contributed by atoms with van der Waals surface area (Å²) in [7, 11) is 1.37. The van der Waals surface area contributed by atoms with Gasteiger partial charge in [-0.3, -0.25) is 4.79 Å². The lowest BCUT2D eigenvalue weighted by Crippen LogP contribution is -2.34. The van der Waals surface area contributed by atoms with Crippen molar-refractivity contribution in [3.63, 3.8) is 0 Å². The van der Waals surface area contributed by atoms with E-state index in [4.69, 9.17) is 4.74 Å². The maximum atomic E-state index is 12.1. The third kappa shape index (κ3) is 1.93. The quantitative estimate of drug-likeness (QED) is 0.612. The van der Waals surface area contributed by atoms with Crippen LogP contribution < -0.4 is 0 Å². The summed E-state index contributed by atoms with van der Waals surface area (Å²) in [6, 6.07) is 7.46. The highest BCUT2D eigenvalue weighted by Gasteiger charge is 2.40. The van der Waals surface area contributed by atoms with Crippen LogP contribution in [-0.4, -0.2) is 29.9 Å². The number of hydrogen-bond acceptors (Lipinski definition) is 3. The molecule has 3 rings (SSSR count). The van der Waals surface area contributed by atoms with Crippen molar-refractivity contribution in [1.82, 2.24) is 4.90 Å². The predicted molar refractivity (Wildman–Crippen MR) is 69.4 cm³/mol. The highest BCUT2D eigenvalue weighted by atomic mass is 16.5. The molecule has 2 aliphatic rings. The van der Waals surface area contributed by atoms with Crippen molar-refractivity contribution >= 4 is 11.9 Å². The van der Waals surface area contributed by atoms with Gasteiger partial charge in [0.1, 0.15) is 0 Å². The average Bonchev–Trinajstić information content (AvgIpc) is 3.02. The molecule has 0 saturated carbocycles. The van der Waals surface area contributed by atoms with Gasteiger partial charge in [0.15, 0.2) is 0 Å². The largest absolute Gasteiger partial charge is 0.465 e. The topological polar surface area (TPSA) is 46.6 Å². The zero-order chi connectivity index (χ0) is 13.4. The first-order valence-electron chi connectivity index (χ1n) is 6.35. The molecule has 1 aliphatic heterocycles. The van der Waals surface area contributed by atoms with E-state index in [1.54, 1.807) is 12.1 Å². The van der Waals surface area contributed by atoms with Gasteiger partial charge in [0.05, 0.1) is 24.6 Å². The molecule has 2 unspecified atom stereocenters. The van der Waals surface area contributed by atoms with Crippen molar-refractivity contribution in [1.29, 1.82) is 0 Å². The van der Waals surface area contributed by atoms with Crippen LogP contribution in [0.3, 0.4) is 0 Å². The zero-order valence-electron chi connectivity index (χ0n) is 10.7. The van der Waals surface area contributed by atoms with Crippen molar-refractivity contribution in [3.05, 3.63) is 47.5 Å². The number of esters is 1. The Morgan fingerprint density at radius 1 is 1.37 bits per heavy atom. The molecular weight excluding hydrogens is 242 g/mol. The van der Waals surface area contributed by atoms with E-state index >= 15 is 0 Å². The summed E-state index contributed by atoms with van der Waals surface area (Å²) in [6.07, 6.45) is 4.93. The van der Waals surface area contributed by atoms with Crippen molar-refractivity contribution in [3.8, 4) is 0 Å². The number of nitrogens with zero attached hydrogens (tertiary/aromatic N) is 1. The summed E-state index contributed by atoms with van der Waals surface area (Å²) in [5, 5.41) is 0. The summed E-state index contributed by atoms with van der Waals surface area (Å²) in [5.41, 5.74) is 1.37. The van der Waals surface area contributed by atoms with E-state index in [1.807, 2.05) is 23.1 Å². The molecule has 2 bridgehead atoms. The molecule has 1 saturated heterocycles. The minimum atomic E-state index is -0.358. The lowest BCUT2D eigenvalue weighted by Gasteiger charge is -2.25. The number of ether oxygens (including phenoxy) is 1. The Kier molecular flexibility index (Phi) is 2.85. The fourth-order valence-corrected chi connectivity index (χ4v) is 2.82. The highest BCUT2D eigenvalue weighted by molar-refractivity contribution is 5.91. The molecule has 0 radical (unpaired) electrons. The lowest BCUT2D eigenvalue weighted by atomic mass is 10.1. The Bertz CT molecular complexity index is 564. The zero-order valence-corrected chi connectivity index (χ0v) is 10.7. The molecule has 1 fully saturated rings. The molecule has 0 spiro atoms. The van der Waals surface area contributed by atoms with Gasteiger partial charge < -0.3 is 9.64 Å². The van der Waals surface area contributed by atoms with Gasteiger partial charge in [-0.2, -0.15) is 0 Å². The van der Waals surface area contributed by atoms with Crippen LogP contribution in [0.1, 0.15) is 22.3 Å². The van der Waals surface area contributed by atoms with Crippen molar-refractivity contribution in [2.45, 2.75) is 19.0 Å². The Morgan fingerprint density at radius 3 is 2.84 bits per heavy atom. The first-order chi connectivity index (χ1) is 9.20. The van der Waals surface area contributed by atoms with Crippen LogP contribution in [0.4, 0.5) is 0 Å². The molecular formula is C15H15NO3. The first-order valence-corrected chi connectivity index (χ1v) is 6.35. The van der Waals surface area contributed by atoms with E-state index in [2.05, 4.69) is 6.08 Å². The molecule has 1 amide bonds. The van der Waals surface area contributed by atoms with Crippen LogP contribution in [0.5, 0.6) is 0 Å². The van der Waals surface area contributed by atoms with Gasteiger partial charge in [-0.1, -0.05) is 30.4 Å². The SMILES string of the molecule is COC(=O)c1ccccc1CN1C(=O)C2C=CC1C2. The van der Waals surface area contributed by atoms with E-state index in [9.17, 15) is 9.59 Å². The standard InChI is InChI=1S/C15H15NO3/c1-19-15(18)13-5-3-2-4-11(13)9-16-12-7-6-10(8-12)14(16)17/h2-7,10,12H,8-9H2,1H3. The van der Waals surface area contributed by atoms with Crippen molar-refractivity contribution in [2.24, 2.45) is 5.92 Å². The van der Waals surface area contributed by atoms with E-state index in [0.717, 1.165) is 12.0 Å². The van der Waals surface area contributed by atoms with Gasteiger partial charge in [-0.15, -0.1) is 0 Å². The summed E-state index contributed by atoms with van der Waals surface area (Å²) >= 11 is 0. The van der Waals surface area contributed by atoms with Gasteiger partial charge in [-0.25, -0.2) is 4.79 Å². The molecule has 98 valence electrons. The van der Waals surface area contributed by atoms with Gasteiger partial charge in [-0.05, 0) is 18.1 Å². The monoisotopic (exact) mass is 257 g/mol. The number of methoxy groups -OCH3 is 1. The minimum absolute atomic E-state index is 0.0373. The fraction of sp³-hybridized carbons (Fsp3) is 0.333. The summed E-state index contributed by atoms with van der Waals surface area (Å²) in [5.74, 6) is -0.162. The molecule has 0 aromatic heterocycles. The second-order valence-electron chi connectivity index (χ2n) is 4.91. The van der Waals surface area contributed by atoms with Crippen LogP contribution in [0.25, 0.3) is 0 Å². The number of amides is 1. The number of rotatable bonds is 3. The number of hydrogen-bond donors (Lipinski definition) is 0. The molecule has 1 aliphatic carbocycles. The third-order valence-electron chi connectivity index (χ3n) is 3.82. The predicted octanol–water partition coefficient (Wildman–Crippen LogP) is 1.76. The van der Waals surface area contributed by atoms with Gasteiger partial charge >= 0.3 is 5.97 Å². The van der Waals surface area contributed by atoms with Crippen molar-refractivity contribution in [2.75, 3.05) is 7.11 Å². The first kappa shape index (κ1) is 12.0. The Hall–Kier alpha value is -2.10. The maximum absolute atomic E-state index is 12.1. The van der Waals surface area contributed by atoms with E-state index in [1.165, 1.54) is 7.11 Å². The van der Waals surface area contributed by atoms with Gasteiger partial charge in [0.2, 0.25) is 5.91 Å². The van der Waals surface area contributed by atoms with E-state index in [0.29, 0.717) is 12.1 Å². The summed E-state index contributed by atoms with van der Waals surface area (Å²) in [4.78, 5) is 25.6. The van der Waals surface area contributed by atoms with Crippen LogP contribution in [0.2, 0.25) is 0 Å². The van der Waals surface area contributed by atoms with Gasteiger partial charge in [0.25, 0.3) is 0 Å².